The minimum absolute atomic E-state index is 0.126. The predicted octanol–water partition coefficient (Wildman–Crippen LogP) is 2.08. The fourth-order valence-corrected chi connectivity index (χ4v) is 4.20. The van der Waals surface area contributed by atoms with E-state index < -0.39 is 0 Å². The van der Waals surface area contributed by atoms with E-state index in [2.05, 4.69) is 33.4 Å². The first-order valence-corrected chi connectivity index (χ1v) is 9.11. The molecule has 4 atom stereocenters. The largest absolute Gasteiger partial charge is 0.336 e. The fraction of sp³-hybridized carbons (Fsp3) is 0.550. The third-order valence-corrected chi connectivity index (χ3v) is 5.45. The van der Waals surface area contributed by atoms with Crippen LogP contribution in [-0.2, 0) is 0 Å². The summed E-state index contributed by atoms with van der Waals surface area (Å²) >= 11 is 0. The maximum absolute atomic E-state index is 12.1. The minimum Gasteiger partial charge on any atom is -0.336 e. The number of carbonyl (C=O) groups excluding carboxylic acids is 1. The normalized spacial score (nSPS) is 27.7. The average molecular weight is 340 g/mol. The number of amides is 2. The van der Waals surface area contributed by atoms with Crippen LogP contribution >= 0.6 is 0 Å². The van der Waals surface area contributed by atoms with Crippen LogP contribution in [0, 0.1) is 24.2 Å². The Balaban J connectivity index is 1.45. The number of terminal acetylenes is 1. The molecule has 134 valence electrons. The van der Waals surface area contributed by atoms with Gasteiger partial charge in [0.05, 0.1) is 6.54 Å². The van der Waals surface area contributed by atoms with Crippen LogP contribution in [0.3, 0.4) is 0 Å². The molecule has 2 amide bonds. The van der Waals surface area contributed by atoms with Crippen molar-refractivity contribution >= 4 is 11.7 Å². The molecule has 25 heavy (non-hydrogen) atoms. The van der Waals surface area contributed by atoms with Crippen LogP contribution in [0.25, 0.3) is 0 Å². The summed E-state index contributed by atoms with van der Waals surface area (Å²) in [5, 5.41) is 5.91. The lowest BCUT2D eigenvalue weighted by atomic mass is 9.75. The molecule has 2 N–H and O–H groups in total. The standard InChI is InChI=1S/C20H28N4O/c1-3-10-23(2)14-17-15-24-11-9-16(17)12-19(24)13-21-20(25)22-18-7-5-4-6-8-18/h1,4-8,16-17,19H,9-15H2,2H3,(H2,21,22,25). The quantitative estimate of drug-likeness (QED) is 0.780. The first-order valence-electron chi connectivity index (χ1n) is 9.11. The highest BCUT2D eigenvalue weighted by Gasteiger charge is 2.40. The molecular weight excluding hydrogens is 312 g/mol. The number of nitrogens with zero attached hydrogens (tertiary/aromatic N) is 2. The highest BCUT2D eigenvalue weighted by atomic mass is 16.2. The molecule has 0 radical (unpaired) electrons. The number of fused-ring (bicyclic) bond motifs is 3. The highest BCUT2D eigenvalue weighted by molar-refractivity contribution is 5.89. The van der Waals surface area contributed by atoms with Crippen molar-refractivity contribution in [2.45, 2.75) is 18.9 Å². The van der Waals surface area contributed by atoms with Crippen molar-refractivity contribution in [2.75, 3.05) is 45.1 Å². The minimum atomic E-state index is -0.126. The zero-order chi connectivity index (χ0) is 17.6. The molecule has 1 aromatic carbocycles. The van der Waals surface area contributed by atoms with Crippen LogP contribution in [0.15, 0.2) is 30.3 Å². The van der Waals surface area contributed by atoms with Gasteiger partial charge < -0.3 is 10.6 Å². The smallest absolute Gasteiger partial charge is 0.319 e. The van der Waals surface area contributed by atoms with Crippen LogP contribution < -0.4 is 10.6 Å². The average Bonchev–Trinajstić information content (AvgIpc) is 2.62. The Morgan fingerprint density at radius 2 is 2.20 bits per heavy atom. The molecule has 0 aliphatic carbocycles. The topological polar surface area (TPSA) is 47.6 Å². The molecule has 0 saturated carbocycles. The van der Waals surface area contributed by atoms with Crippen molar-refractivity contribution in [3.05, 3.63) is 30.3 Å². The summed E-state index contributed by atoms with van der Waals surface area (Å²) < 4.78 is 0. The van der Waals surface area contributed by atoms with Crippen molar-refractivity contribution < 1.29 is 4.79 Å². The van der Waals surface area contributed by atoms with Crippen LogP contribution in [0.5, 0.6) is 0 Å². The Kier molecular flexibility index (Phi) is 5.95. The Morgan fingerprint density at radius 1 is 1.40 bits per heavy atom. The molecule has 3 fully saturated rings. The molecule has 3 heterocycles. The number of benzene rings is 1. The van der Waals surface area contributed by atoms with Gasteiger partial charge in [-0.15, -0.1) is 6.42 Å². The van der Waals surface area contributed by atoms with Gasteiger partial charge in [-0.25, -0.2) is 4.79 Å². The van der Waals surface area contributed by atoms with E-state index >= 15 is 0 Å². The molecule has 4 rings (SSSR count). The Hall–Kier alpha value is -2.03. The zero-order valence-corrected chi connectivity index (χ0v) is 14.9. The molecule has 3 saturated heterocycles. The molecule has 0 spiro atoms. The Bertz CT molecular complexity index is 612. The number of hydrogen-bond donors (Lipinski definition) is 2. The van der Waals surface area contributed by atoms with Crippen molar-refractivity contribution in [1.29, 1.82) is 0 Å². The summed E-state index contributed by atoms with van der Waals surface area (Å²) in [7, 11) is 2.10. The maximum Gasteiger partial charge on any atom is 0.319 e. The third-order valence-electron chi connectivity index (χ3n) is 5.45. The molecule has 5 nitrogen and oxygen atoms in total. The van der Waals surface area contributed by atoms with E-state index in [0.717, 1.165) is 31.2 Å². The number of anilines is 1. The number of rotatable bonds is 6. The van der Waals surface area contributed by atoms with Gasteiger partial charge in [-0.1, -0.05) is 24.1 Å². The second-order valence-electron chi connectivity index (χ2n) is 7.30. The number of piperidine rings is 3. The van der Waals surface area contributed by atoms with E-state index in [1.54, 1.807) is 0 Å². The Labute approximate surface area is 150 Å². The summed E-state index contributed by atoms with van der Waals surface area (Å²) in [6.45, 7) is 4.76. The van der Waals surface area contributed by atoms with Crippen molar-refractivity contribution in [3.8, 4) is 12.3 Å². The van der Waals surface area contributed by atoms with E-state index in [0.29, 0.717) is 25.0 Å². The van der Waals surface area contributed by atoms with Crippen LogP contribution in [0.4, 0.5) is 10.5 Å². The summed E-state index contributed by atoms with van der Waals surface area (Å²) in [4.78, 5) is 16.9. The molecular formula is C20H28N4O. The van der Waals surface area contributed by atoms with Crippen molar-refractivity contribution in [2.24, 2.45) is 11.8 Å². The van der Waals surface area contributed by atoms with E-state index in [1.165, 1.54) is 12.8 Å². The molecule has 3 aliphatic rings. The lowest BCUT2D eigenvalue weighted by molar-refractivity contribution is -0.00692. The molecule has 3 aliphatic heterocycles. The molecule has 2 bridgehead atoms. The van der Waals surface area contributed by atoms with Gasteiger partial charge in [-0.2, -0.15) is 0 Å². The van der Waals surface area contributed by atoms with Gasteiger partial charge in [-0.3, -0.25) is 9.80 Å². The highest BCUT2D eigenvalue weighted by Crippen LogP contribution is 2.36. The number of urea groups is 1. The number of para-hydroxylation sites is 1. The van der Waals surface area contributed by atoms with Crippen LogP contribution in [0.1, 0.15) is 12.8 Å². The van der Waals surface area contributed by atoms with Gasteiger partial charge >= 0.3 is 6.03 Å². The van der Waals surface area contributed by atoms with Crippen molar-refractivity contribution in [1.82, 2.24) is 15.1 Å². The molecule has 1 aromatic rings. The van der Waals surface area contributed by atoms with Gasteiger partial charge in [-0.05, 0) is 50.4 Å². The van der Waals surface area contributed by atoms with E-state index in [9.17, 15) is 4.79 Å². The van der Waals surface area contributed by atoms with Crippen LogP contribution in [-0.4, -0.2) is 61.6 Å². The number of nitrogens with one attached hydrogen (secondary N) is 2. The third kappa shape index (κ3) is 4.75. The van der Waals surface area contributed by atoms with Gasteiger partial charge in [0.1, 0.15) is 0 Å². The first-order chi connectivity index (χ1) is 12.2. The molecule has 5 heteroatoms. The summed E-state index contributed by atoms with van der Waals surface area (Å²) in [5.74, 6) is 4.16. The van der Waals surface area contributed by atoms with E-state index in [-0.39, 0.29) is 6.03 Å². The predicted molar refractivity (Wildman–Crippen MR) is 101 cm³/mol. The monoisotopic (exact) mass is 340 g/mol. The van der Waals surface area contributed by atoms with Gasteiger partial charge in [0.2, 0.25) is 0 Å². The van der Waals surface area contributed by atoms with Gasteiger partial charge in [0.15, 0.2) is 0 Å². The summed E-state index contributed by atoms with van der Waals surface area (Å²) in [5.41, 5.74) is 0.821. The second kappa shape index (κ2) is 8.37. The molecule has 0 aromatic heterocycles. The van der Waals surface area contributed by atoms with E-state index in [1.807, 2.05) is 30.3 Å². The second-order valence-corrected chi connectivity index (χ2v) is 7.30. The van der Waals surface area contributed by atoms with Gasteiger partial charge in [0.25, 0.3) is 0 Å². The Morgan fingerprint density at radius 3 is 2.88 bits per heavy atom. The summed E-state index contributed by atoms with van der Waals surface area (Å²) in [6.07, 6.45) is 7.84. The number of carbonyl (C=O) groups is 1. The van der Waals surface area contributed by atoms with Crippen molar-refractivity contribution in [3.63, 3.8) is 0 Å². The lowest BCUT2D eigenvalue weighted by Gasteiger charge is -2.50. The SMILES string of the molecule is C#CCN(C)CC1CN2CCC1CC2CNC(=O)Nc1ccccc1. The molecule has 4 unspecified atom stereocenters. The fourth-order valence-electron chi connectivity index (χ4n) is 4.20. The van der Waals surface area contributed by atoms with Gasteiger partial charge in [0, 0.05) is 31.4 Å². The zero-order valence-electron chi connectivity index (χ0n) is 14.9. The number of hydrogen-bond acceptors (Lipinski definition) is 3. The van der Waals surface area contributed by atoms with Crippen LogP contribution in [0.2, 0.25) is 0 Å². The lowest BCUT2D eigenvalue weighted by Crippen LogP contribution is -2.58. The maximum atomic E-state index is 12.1. The van der Waals surface area contributed by atoms with E-state index in [4.69, 9.17) is 6.42 Å². The first kappa shape index (κ1) is 17.8. The summed E-state index contributed by atoms with van der Waals surface area (Å²) in [6, 6.07) is 9.88.